The van der Waals surface area contributed by atoms with Crippen LogP contribution in [0.2, 0.25) is 26.2 Å². The largest absolute Gasteiger partial charge is 0.430 e. The smallest absolute Gasteiger partial charge is 0.386 e. The summed E-state index contributed by atoms with van der Waals surface area (Å²) in [6, 6.07) is 42.7. The minimum Gasteiger partial charge on any atom is -0.430 e. The molecule has 0 bridgehead atoms. The van der Waals surface area contributed by atoms with Gasteiger partial charge in [-0.2, -0.15) is 0 Å². The fourth-order valence-corrected chi connectivity index (χ4v) is 17.0. The van der Waals surface area contributed by atoms with Crippen molar-refractivity contribution in [1.82, 2.24) is 0 Å². The van der Waals surface area contributed by atoms with Gasteiger partial charge in [0.15, 0.2) is 8.32 Å². The second kappa shape index (κ2) is 9.75. The van der Waals surface area contributed by atoms with Gasteiger partial charge < -0.3 is 8.23 Å². The van der Waals surface area contributed by atoms with Crippen LogP contribution in [-0.2, 0) is 8.23 Å². The highest BCUT2D eigenvalue weighted by Gasteiger charge is 2.52. The summed E-state index contributed by atoms with van der Waals surface area (Å²) in [7, 11) is -7.71. The highest BCUT2D eigenvalue weighted by Crippen LogP contribution is 2.22. The van der Waals surface area contributed by atoms with E-state index in [9.17, 15) is 0 Å². The number of benzene rings is 4. The molecular formula is C28H32O2Si3. The lowest BCUT2D eigenvalue weighted by molar-refractivity contribution is 0.419. The zero-order valence-electron chi connectivity index (χ0n) is 19.9. The Bertz CT molecular complexity index is 1070. The molecule has 4 aromatic carbocycles. The molecule has 0 atom stereocenters. The Morgan fingerprint density at radius 2 is 0.697 bits per heavy atom. The maximum absolute atomic E-state index is 7.64. The molecule has 0 amide bonds. The van der Waals surface area contributed by atoms with Crippen molar-refractivity contribution in [2.75, 3.05) is 0 Å². The summed E-state index contributed by atoms with van der Waals surface area (Å²) in [5.41, 5.74) is 0. The number of hydrogen-bond acceptors (Lipinski definition) is 2. The average Bonchev–Trinajstić information content (AvgIpc) is 2.85. The molecular weight excluding hydrogens is 453 g/mol. The summed E-state index contributed by atoms with van der Waals surface area (Å²) >= 11 is 0. The first-order valence-corrected chi connectivity index (χ1v) is 19.1. The summed E-state index contributed by atoms with van der Waals surface area (Å²) < 4.78 is 14.9. The molecule has 4 rings (SSSR count). The van der Waals surface area contributed by atoms with Crippen molar-refractivity contribution >= 4 is 45.9 Å². The van der Waals surface area contributed by atoms with Gasteiger partial charge in [-0.05, 0) is 46.9 Å². The molecule has 0 fully saturated rings. The molecule has 2 nitrogen and oxygen atoms in total. The van der Waals surface area contributed by atoms with Gasteiger partial charge in [-0.1, -0.05) is 121 Å². The average molecular weight is 485 g/mol. The van der Waals surface area contributed by atoms with Gasteiger partial charge in [0.1, 0.15) is 0 Å². The molecule has 5 heteroatoms. The van der Waals surface area contributed by atoms with Gasteiger partial charge in [-0.3, -0.25) is 0 Å². The number of hydrogen-bond donors (Lipinski definition) is 0. The van der Waals surface area contributed by atoms with E-state index in [2.05, 4.69) is 148 Å². The molecule has 4 aromatic rings. The van der Waals surface area contributed by atoms with E-state index < -0.39 is 25.2 Å². The summed E-state index contributed by atoms with van der Waals surface area (Å²) in [4.78, 5) is 0. The van der Waals surface area contributed by atoms with Gasteiger partial charge in [0.25, 0.3) is 0 Å². The number of rotatable bonds is 8. The normalized spacial score (nSPS) is 12.5. The van der Waals surface area contributed by atoms with Crippen LogP contribution >= 0.6 is 0 Å². The van der Waals surface area contributed by atoms with Crippen LogP contribution < -0.4 is 20.7 Å². The molecule has 0 heterocycles. The van der Waals surface area contributed by atoms with E-state index >= 15 is 0 Å². The standard InChI is InChI=1S/C28H32O2Si3/c1-31(2,3)29-33(27-21-13-7-14-22-27,28-23-15-8-16-24-28)30-32(4,25-17-9-5-10-18-25)26-19-11-6-12-20-26/h5-24H,1-4H3. The van der Waals surface area contributed by atoms with E-state index in [4.69, 9.17) is 8.23 Å². The lowest BCUT2D eigenvalue weighted by atomic mass is 10.4. The van der Waals surface area contributed by atoms with E-state index in [1.807, 2.05) is 0 Å². The van der Waals surface area contributed by atoms with Gasteiger partial charge in [-0.25, -0.2) is 0 Å². The molecule has 0 unspecified atom stereocenters. The molecule has 33 heavy (non-hydrogen) atoms. The van der Waals surface area contributed by atoms with Crippen LogP contribution in [0.1, 0.15) is 0 Å². The molecule has 168 valence electrons. The third-order valence-corrected chi connectivity index (χ3v) is 17.2. The highest BCUT2D eigenvalue weighted by molar-refractivity contribution is 7.08. The van der Waals surface area contributed by atoms with Crippen LogP contribution in [0.25, 0.3) is 0 Å². The van der Waals surface area contributed by atoms with E-state index in [0.29, 0.717) is 0 Å². The van der Waals surface area contributed by atoms with Crippen LogP contribution in [0.5, 0.6) is 0 Å². The summed E-state index contributed by atoms with van der Waals surface area (Å²) in [5.74, 6) is 0. The lowest BCUT2D eigenvalue weighted by Crippen LogP contribution is -2.74. The van der Waals surface area contributed by atoms with Crippen LogP contribution in [-0.4, -0.2) is 25.2 Å². The summed E-state index contributed by atoms with van der Waals surface area (Å²) in [6.07, 6.45) is 0. The zero-order chi connectivity index (χ0) is 23.4. The molecule has 0 radical (unpaired) electrons. The first-order chi connectivity index (χ1) is 15.8. The Hall–Kier alpha value is -2.55. The molecule has 0 aliphatic heterocycles. The maximum Gasteiger partial charge on any atom is 0.386 e. The van der Waals surface area contributed by atoms with Gasteiger partial charge in [0, 0.05) is 0 Å². The predicted octanol–water partition coefficient (Wildman–Crippen LogP) is 4.50. The van der Waals surface area contributed by atoms with E-state index in [0.717, 1.165) is 10.4 Å². The van der Waals surface area contributed by atoms with Crippen LogP contribution in [0, 0.1) is 0 Å². The maximum atomic E-state index is 7.64. The molecule has 0 spiro atoms. The zero-order valence-corrected chi connectivity index (χ0v) is 22.9. The first-order valence-electron chi connectivity index (χ1n) is 11.5. The molecule has 0 aliphatic carbocycles. The topological polar surface area (TPSA) is 18.5 Å². The molecule has 0 N–H and O–H groups in total. The van der Waals surface area contributed by atoms with Crippen molar-refractivity contribution in [2.45, 2.75) is 26.2 Å². The predicted molar refractivity (Wildman–Crippen MR) is 147 cm³/mol. The molecule has 0 aliphatic rings. The van der Waals surface area contributed by atoms with Crippen molar-refractivity contribution in [1.29, 1.82) is 0 Å². The van der Waals surface area contributed by atoms with E-state index in [-0.39, 0.29) is 0 Å². The van der Waals surface area contributed by atoms with Gasteiger partial charge in [-0.15, -0.1) is 0 Å². The summed E-state index contributed by atoms with van der Waals surface area (Å²) in [5, 5.41) is 4.81. The molecule has 0 saturated heterocycles. The van der Waals surface area contributed by atoms with Crippen LogP contribution in [0.15, 0.2) is 121 Å². The summed E-state index contributed by atoms with van der Waals surface area (Å²) in [6.45, 7) is 9.09. The molecule has 0 aromatic heterocycles. The minimum atomic E-state index is -3.06. The monoisotopic (exact) mass is 484 g/mol. The Morgan fingerprint density at radius 3 is 1.00 bits per heavy atom. The Labute approximate surface area is 201 Å². The fourth-order valence-electron chi connectivity index (χ4n) is 4.25. The Kier molecular flexibility index (Phi) is 6.97. The van der Waals surface area contributed by atoms with Gasteiger partial charge >= 0.3 is 8.56 Å². The first kappa shape index (κ1) is 23.6. The highest BCUT2D eigenvalue weighted by atomic mass is 28.5. The molecule has 0 saturated carbocycles. The Morgan fingerprint density at radius 1 is 0.394 bits per heavy atom. The second-order valence-electron chi connectivity index (χ2n) is 9.43. The van der Waals surface area contributed by atoms with E-state index in [1.54, 1.807) is 0 Å². The third kappa shape index (κ3) is 5.18. The fraction of sp³-hybridized carbons (Fsp3) is 0.143. The minimum absolute atomic E-state index is 1.16. The van der Waals surface area contributed by atoms with Crippen LogP contribution in [0.3, 0.4) is 0 Å². The Balaban J connectivity index is 2.00. The SMILES string of the molecule is C[Si](C)(C)O[Si](O[Si](C)(c1ccccc1)c1ccccc1)(c1ccccc1)c1ccccc1. The van der Waals surface area contributed by atoms with Crippen molar-refractivity contribution in [2.24, 2.45) is 0 Å². The van der Waals surface area contributed by atoms with Crippen LogP contribution in [0.4, 0.5) is 0 Å². The van der Waals surface area contributed by atoms with Crippen molar-refractivity contribution in [3.63, 3.8) is 0 Å². The second-order valence-corrected chi connectivity index (χ2v) is 20.9. The lowest BCUT2D eigenvalue weighted by Gasteiger charge is -2.43. The van der Waals surface area contributed by atoms with Crippen molar-refractivity contribution < 1.29 is 8.23 Å². The van der Waals surface area contributed by atoms with Gasteiger partial charge in [0.2, 0.25) is 8.32 Å². The quantitative estimate of drug-likeness (QED) is 0.343. The van der Waals surface area contributed by atoms with Crippen molar-refractivity contribution in [3.8, 4) is 0 Å². The van der Waals surface area contributed by atoms with Crippen molar-refractivity contribution in [3.05, 3.63) is 121 Å². The van der Waals surface area contributed by atoms with Gasteiger partial charge in [0.05, 0.1) is 0 Å². The van der Waals surface area contributed by atoms with E-state index in [1.165, 1.54) is 10.4 Å². The third-order valence-electron chi connectivity index (χ3n) is 5.75.